The maximum Gasteiger partial charge on any atom is 0.410 e. The normalized spacial score (nSPS) is 29.5. The summed E-state index contributed by atoms with van der Waals surface area (Å²) in [4.78, 5) is 71.1. The van der Waals surface area contributed by atoms with Crippen LogP contribution in [0.15, 0.2) is 36.9 Å². The minimum atomic E-state index is -3.89. The van der Waals surface area contributed by atoms with E-state index in [9.17, 15) is 32.4 Å². The van der Waals surface area contributed by atoms with Crippen LogP contribution in [-0.4, -0.2) is 83.5 Å². The quantitative estimate of drug-likeness (QED) is 0.363. The minimum absolute atomic E-state index is 0.0479. The van der Waals surface area contributed by atoms with Gasteiger partial charge in [-0.15, -0.1) is 6.58 Å². The fourth-order valence-electron chi connectivity index (χ4n) is 7.22. The average molecular weight is 710 g/mol. The second kappa shape index (κ2) is 14.2. The number of rotatable bonds is 7. The fourth-order valence-corrected chi connectivity index (χ4v) is 8.58. The molecule has 1 saturated heterocycles. The number of carbonyl (C=O) groups is 5. The summed E-state index contributed by atoms with van der Waals surface area (Å²) < 4.78 is 33.3. The zero-order valence-corrected chi connectivity index (χ0v) is 29.5. The number of hydrogen-bond donors (Lipinski definition) is 3. The third kappa shape index (κ3) is 7.45. The summed E-state index contributed by atoms with van der Waals surface area (Å²) in [6, 6.07) is 3.85. The lowest BCUT2D eigenvalue weighted by atomic mass is 10.0. The molecule has 1 aromatic carbocycles. The molecule has 2 aliphatic carbocycles. The van der Waals surface area contributed by atoms with Crippen molar-refractivity contribution in [3.8, 4) is 0 Å². The van der Waals surface area contributed by atoms with E-state index in [1.54, 1.807) is 18.7 Å². The lowest BCUT2D eigenvalue weighted by Crippen LogP contribution is -2.59. The van der Waals surface area contributed by atoms with E-state index in [1.807, 2.05) is 18.2 Å². The summed E-state index contributed by atoms with van der Waals surface area (Å²) in [6.07, 6.45) is 8.74. The van der Waals surface area contributed by atoms with E-state index in [1.165, 1.54) is 11.0 Å². The Kier molecular flexibility index (Phi) is 10.1. The molecule has 4 bridgehead atoms. The molecule has 14 heteroatoms. The number of nitrogens with one attached hydrogen (secondary N) is 3. The van der Waals surface area contributed by atoms with E-state index in [2.05, 4.69) is 34.1 Å². The molecule has 5 amide bonds. The molecule has 3 heterocycles. The van der Waals surface area contributed by atoms with Crippen molar-refractivity contribution in [3.63, 3.8) is 0 Å². The summed E-state index contributed by atoms with van der Waals surface area (Å²) >= 11 is 0. The maximum absolute atomic E-state index is 14.2. The van der Waals surface area contributed by atoms with Gasteiger partial charge < -0.3 is 20.3 Å². The van der Waals surface area contributed by atoms with Crippen LogP contribution in [0.5, 0.6) is 0 Å². The smallest absolute Gasteiger partial charge is 0.410 e. The van der Waals surface area contributed by atoms with Crippen molar-refractivity contribution in [2.45, 2.75) is 114 Å². The summed E-state index contributed by atoms with van der Waals surface area (Å²) in [5, 5.41) is 4.98. The molecule has 0 aromatic heterocycles. The van der Waals surface area contributed by atoms with Crippen molar-refractivity contribution < 1.29 is 37.1 Å². The number of amides is 5. The molecule has 0 radical (unpaired) electrons. The van der Waals surface area contributed by atoms with Crippen molar-refractivity contribution in [2.24, 2.45) is 11.8 Å². The maximum atomic E-state index is 14.2. The number of benzene rings is 1. The molecule has 3 N–H and O–H groups in total. The number of hydrogen-bond acceptors (Lipinski definition) is 8. The van der Waals surface area contributed by atoms with E-state index in [-0.39, 0.29) is 37.6 Å². The molecule has 5 atom stereocenters. The summed E-state index contributed by atoms with van der Waals surface area (Å²) in [6.45, 7) is 7.97. The predicted octanol–water partition coefficient (Wildman–Crippen LogP) is 2.90. The minimum Gasteiger partial charge on any atom is -0.444 e. The lowest BCUT2D eigenvalue weighted by Gasteiger charge is -2.31. The number of sulfonamides is 1. The first-order chi connectivity index (χ1) is 23.8. The molecule has 2 saturated carbocycles. The topological polar surface area (TPSA) is 171 Å². The molecule has 0 spiro atoms. The highest BCUT2D eigenvalue weighted by molar-refractivity contribution is 7.91. The number of allylic oxidation sites excluding steroid dienone is 1. The zero-order valence-electron chi connectivity index (χ0n) is 28.7. The van der Waals surface area contributed by atoms with Crippen LogP contribution in [0.2, 0.25) is 0 Å². The third-order valence-corrected chi connectivity index (χ3v) is 12.3. The fraction of sp³-hybridized carbons (Fsp3) is 0.583. The van der Waals surface area contributed by atoms with Crippen LogP contribution in [0.4, 0.5) is 4.79 Å². The molecule has 6 rings (SSSR count). The van der Waals surface area contributed by atoms with Gasteiger partial charge in [0, 0.05) is 25.3 Å². The molecule has 13 nitrogen and oxygen atoms in total. The SMILES string of the molecule is C=C[C@H]1C[C@]1(NC(=O)[C@@H]1C[C@@H]2CN1C(=O)[C@H](C(C)C)NC(=O)CCCCC/C=C/c1cccc3c1CN(C3)C(=O)O2)C(=O)NS(=O)(=O)C1CC1. The number of ether oxygens (including phenoxy) is 1. The molecule has 50 heavy (non-hydrogen) atoms. The first-order valence-electron chi connectivity index (χ1n) is 17.7. The molecule has 1 aromatic rings. The van der Waals surface area contributed by atoms with Gasteiger partial charge >= 0.3 is 6.09 Å². The Morgan fingerprint density at radius 2 is 1.90 bits per heavy atom. The van der Waals surface area contributed by atoms with E-state index in [4.69, 9.17) is 4.74 Å². The van der Waals surface area contributed by atoms with Crippen LogP contribution in [0.3, 0.4) is 0 Å². The molecule has 270 valence electrons. The van der Waals surface area contributed by atoms with Gasteiger partial charge in [0.1, 0.15) is 23.7 Å². The van der Waals surface area contributed by atoms with Crippen molar-refractivity contribution in [1.29, 1.82) is 0 Å². The van der Waals surface area contributed by atoms with Crippen molar-refractivity contribution in [2.75, 3.05) is 6.54 Å². The van der Waals surface area contributed by atoms with Gasteiger partial charge in [0.25, 0.3) is 5.91 Å². The summed E-state index contributed by atoms with van der Waals surface area (Å²) in [7, 11) is -3.89. The number of fused-ring (bicyclic) bond motifs is 3. The Morgan fingerprint density at radius 1 is 1.12 bits per heavy atom. The van der Waals surface area contributed by atoms with E-state index < -0.39 is 68.7 Å². The van der Waals surface area contributed by atoms with Gasteiger partial charge in [0.15, 0.2) is 0 Å². The van der Waals surface area contributed by atoms with Gasteiger partial charge in [-0.3, -0.25) is 28.8 Å². The van der Waals surface area contributed by atoms with Gasteiger partial charge in [-0.2, -0.15) is 0 Å². The molecule has 3 aliphatic heterocycles. The van der Waals surface area contributed by atoms with Crippen molar-refractivity contribution in [3.05, 3.63) is 53.6 Å². The van der Waals surface area contributed by atoms with E-state index >= 15 is 0 Å². The van der Waals surface area contributed by atoms with Gasteiger partial charge in [0.2, 0.25) is 27.7 Å². The Hall–Kier alpha value is -4.20. The standard InChI is InChI=1S/C36H47N5O8S/c1-4-25-18-36(25,34(45)39-50(47,48)27-15-16-27)38-32(43)29-17-26-20-41(29)33(44)31(22(2)3)37-30(42)14-9-7-5-6-8-11-23-12-10-13-24-19-40(21-28(23)24)35(46)49-26/h4,8,10-13,22,25-27,29,31H,1,5-7,9,14-21H2,2-3H3,(H,37,42)(H,38,43)(H,39,45)/b11-8+/t25-,26+,29-,31-,36+/m0/s1. The van der Waals surface area contributed by atoms with Crippen LogP contribution in [0.25, 0.3) is 6.08 Å². The third-order valence-electron chi connectivity index (χ3n) is 10.5. The summed E-state index contributed by atoms with van der Waals surface area (Å²) in [5.41, 5.74) is 1.54. The van der Waals surface area contributed by atoms with Crippen LogP contribution < -0.4 is 15.4 Å². The largest absolute Gasteiger partial charge is 0.444 e. The monoisotopic (exact) mass is 709 g/mol. The zero-order chi connectivity index (χ0) is 35.8. The second-order valence-electron chi connectivity index (χ2n) is 14.6. The summed E-state index contributed by atoms with van der Waals surface area (Å²) in [5.74, 6) is -3.15. The Balaban J connectivity index is 1.25. The van der Waals surface area contributed by atoms with E-state index in [0.717, 1.165) is 36.0 Å². The Bertz CT molecular complexity index is 1710. The first-order valence-corrected chi connectivity index (χ1v) is 19.2. The van der Waals surface area contributed by atoms with Gasteiger partial charge in [0.05, 0.1) is 18.3 Å². The average Bonchev–Trinajstić information content (AvgIpc) is 3.96. The van der Waals surface area contributed by atoms with Gasteiger partial charge in [-0.05, 0) is 61.1 Å². The number of carbonyl (C=O) groups excluding carboxylic acids is 5. The Labute approximate surface area is 293 Å². The highest BCUT2D eigenvalue weighted by Gasteiger charge is 2.62. The Morgan fingerprint density at radius 3 is 2.60 bits per heavy atom. The van der Waals surface area contributed by atoms with Gasteiger partial charge in [-0.25, -0.2) is 13.2 Å². The lowest BCUT2D eigenvalue weighted by molar-refractivity contribution is -0.143. The van der Waals surface area contributed by atoms with Crippen LogP contribution in [0, 0.1) is 11.8 Å². The van der Waals surface area contributed by atoms with E-state index in [0.29, 0.717) is 32.4 Å². The first kappa shape index (κ1) is 35.6. The molecule has 3 fully saturated rings. The van der Waals surface area contributed by atoms with Gasteiger partial charge in [-0.1, -0.05) is 56.7 Å². The molecule has 0 unspecified atom stereocenters. The predicted molar refractivity (Wildman–Crippen MR) is 184 cm³/mol. The van der Waals surface area contributed by atoms with Crippen LogP contribution in [-0.2, 0) is 47.0 Å². The van der Waals surface area contributed by atoms with Crippen molar-refractivity contribution >= 4 is 45.8 Å². The second-order valence-corrected chi connectivity index (χ2v) is 16.5. The highest BCUT2D eigenvalue weighted by Crippen LogP contribution is 2.45. The molecular weight excluding hydrogens is 662 g/mol. The van der Waals surface area contributed by atoms with Crippen LogP contribution in [0.1, 0.15) is 88.3 Å². The number of nitrogens with zero attached hydrogens (tertiary/aromatic N) is 2. The van der Waals surface area contributed by atoms with Crippen molar-refractivity contribution in [1.82, 2.24) is 25.2 Å². The molecule has 5 aliphatic rings. The molecular formula is C36H47N5O8S. The van der Waals surface area contributed by atoms with Crippen LogP contribution >= 0.6 is 0 Å². The highest BCUT2D eigenvalue weighted by atomic mass is 32.2.